The maximum atomic E-state index is 14.7. The Kier molecular flexibility index (Phi) is 15.7. The summed E-state index contributed by atoms with van der Waals surface area (Å²) in [5.41, 5.74) is 11.0. The molecule has 9 rings (SSSR count). The van der Waals surface area contributed by atoms with E-state index in [1.807, 2.05) is 91.0 Å². The van der Waals surface area contributed by atoms with Gasteiger partial charge in [-0.1, -0.05) is 230 Å². The highest BCUT2D eigenvalue weighted by molar-refractivity contribution is 8.00. The van der Waals surface area contributed by atoms with Crippen LogP contribution in [-0.2, 0) is 24.6 Å². The topological polar surface area (TPSA) is 117 Å². The standard InChI is InChI=1S/C63H59N3O5S/c1-45-38-40-48(41-39-45)62(46-23-7-2-8-24-46,47-25-9-3-10-26-47)64-42-22-21-37-57(66-61(70)71-43-56-54-35-19-17-33-52(54)53-34-18-20-36-55(53)56)59(67)65-58(60(68)69)44-72-63(49-27-11-4-12-28-49,50-29-13-5-14-30-50)51-31-15-6-16-32-51/h2-20,23-36,38-41,56-58,64H,21-22,37,42-44H2,1H3,(H,65,67)(H,66,70)(H,68,69)/t57-,58-/m0/s1. The first kappa shape index (κ1) is 49.3. The molecule has 0 saturated carbocycles. The summed E-state index contributed by atoms with van der Waals surface area (Å²) < 4.78 is 5.16. The minimum absolute atomic E-state index is 0.0153. The second-order valence-corrected chi connectivity index (χ2v) is 19.5. The molecule has 0 fully saturated rings. The van der Waals surface area contributed by atoms with Crippen molar-refractivity contribution in [1.82, 2.24) is 16.0 Å². The number of carbonyl (C=O) groups excluding carboxylic acids is 2. The summed E-state index contributed by atoms with van der Waals surface area (Å²) in [7, 11) is 0. The highest BCUT2D eigenvalue weighted by Crippen LogP contribution is 2.49. The zero-order chi connectivity index (χ0) is 49.8. The van der Waals surface area contributed by atoms with Gasteiger partial charge in [0.2, 0.25) is 5.91 Å². The molecule has 0 unspecified atom stereocenters. The molecule has 2 amide bonds. The van der Waals surface area contributed by atoms with Gasteiger partial charge in [0.15, 0.2) is 0 Å². The number of ether oxygens (including phenoxy) is 1. The molecule has 362 valence electrons. The van der Waals surface area contributed by atoms with Crippen molar-refractivity contribution in [1.29, 1.82) is 0 Å². The lowest BCUT2D eigenvalue weighted by Gasteiger charge is -2.37. The molecule has 0 spiro atoms. The molecule has 4 N–H and O–H groups in total. The van der Waals surface area contributed by atoms with Gasteiger partial charge in [0.05, 0.1) is 10.3 Å². The number of nitrogens with one attached hydrogen (secondary N) is 3. The molecular formula is C63H59N3O5S. The lowest BCUT2D eigenvalue weighted by molar-refractivity contribution is -0.141. The quantitative estimate of drug-likeness (QED) is 0.0419. The summed E-state index contributed by atoms with van der Waals surface area (Å²) in [5.74, 6) is -1.95. The summed E-state index contributed by atoms with van der Waals surface area (Å²) >= 11 is 1.45. The number of aryl methyl sites for hydroxylation is 1. The van der Waals surface area contributed by atoms with Crippen LogP contribution in [0.4, 0.5) is 4.79 Å². The predicted octanol–water partition coefficient (Wildman–Crippen LogP) is 12.2. The molecule has 0 radical (unpaired) electrons. The minimum atomic E-state index is -1.31. The van der Waals surface area contributed by atoms with Crippen LogP contribution in [0.1, 0.15) is 75.3 Å². The van der Waals surface area contributed by atoms with Crippen LogP contribution in [0.2, 0.25) is 0 Å². The molecule has 0 aromatic heterocycles. The third-order valence-corrected chi connectivity index (χ3v) is 15.4. The zero-order valence-corrected chi connectivity index (χ0v) is 41.1. The van der Waals surface area contributed by atoms with Crippen molar-refractivity contribution in [3.63, 3.8) is 0 Å². The third kappa shape index (κ3) is 10.6. The van der Waals surface area contributed by atoms with Crippen LogP contribution >= 0.6 is 11.8 Å². The number of hydrogen-bond donors (Lipinski definition) is 4. The molecule has 1 aliphatic carbocycles. The Morgan fingerprint density at radius 3 is 1.43 bits per heavy atom. The van der Waals surface area contributed by atoms with E-state index in [9.17, 15) is 19.5 Å². The highest BCUT2D eigenvalue weighted by Gasteiger charge is 2.40. The number of rotatable bonds is 21. The smallest absolute Gasteiger partial charge is 0.407 e. The number of fused-ring (bicyclic) bond motifs is 3. The molecule has 0 saturated heterocycles. The first-order chi connectivity index (χ1) is 35.3. The number of alkyl carbamates (subject to hydrolysis) is 1. The summed E-state index contributed by atoms with van der Waals surface area (Å²) in [4.78, 5) is 41.9. The SMILES string of the molecule is Cc1ccc(C(NCCCC[C@H](NC(=O)OCC2c3ccccc3-c3ccccc32)C(=O)N[C@@H](CSC(c2ccccc2)(c2ccccc2)c2ccccc2)C(=O)O)(c2ccccc2)c2ccccc2)cc1. The average molecular weight is 970 g/mol. The summed E-state index contributed by atoms with van der Waals surface area (Å²) in [6.45, 7) is 2.71. The molecule has 8 nitrogen and oxygen atoms in total. The van der Waals surface area contributed by atoms with Crippen LogP contribution in [0, 0.1) is 6.92 Å². The van der Waals surface area contributed by atoms with Gasteiger partial charge in [0.1, 0.15) is 18.7 Å². The molecule has 0 aliphatic heterocycles. The van der Waals surface area contributed by atoms with E-state index in [0.717, 1.165) is 61.2 Å². The van der Waals surface area contributed by atoms with Crippen molar-refractivity contribution < 1.29 is 24.2 Å². The number of carbonyl (C=O) groups is 3. The Labute approximate surface area is 426 Å². The molecule has 0 heterocycles. The Balaban J connectivity index is 0.960. The summed E-state index contributed by atoms with van der Waals surface area (Å²) in [6.07, 6.45) is 0.635. The fourth-order valence-electron chi connectivity index (χ4n) is 10.2. The number of amides is 2. The minimum Gasteiger partial charge on any atom is -0.480 e. The molecule has 9 heteroatoms. The van der Waals surface area contributed by atoms with Crippen LogP contribution in [-0.4, -0.2) is 54.1 Å². The van der Waals surface area contributed by atoms with Gasteiger partial charge in [-0.05, 0) is 88.4 Å². The number of unbranched alkanes of at least 4 members (excludes halogenated alkanes) is 1. The second kappa shape index (κ2) is 23.0. The number of carboxylic acid groups (broad SMARTS) is 1. The van der Waals surface area contributed by atoms with Gasteiger partial charge < -0.3 is 20.5 Å². The van der Waals surface area contributed by atoms with Gasteiger partial charge in [-0.15, -0.1) is 11.8 Å². The lowest BCUT2D eigenvalue weighted by Crippen LogP contribution is -2.53. The first-order valence-electron chi connectivity index (χ1n) is 24.7. The van der Waals surface area contributed by atoms with Gasteiger partial charge in [-0.2, -0.15) is 0 Å². The van der Waals surface area contributed by atoms with Crippen molar-refractivity contribution >= 4 is 29.7 Å². The fourth-order valence-corrected chi connectivity index (χ4v) is 11.8. The highest BCUT2D eigenvalue weighted by atomic mass is 32.2. The molecule has 0 bridgehead atoms. The van der Waals surface area contributed by atoms with E-state index in [-0.39, 0.29) is 24.7 Å². The zero-order valence-electron chi connectivity index (χ0n) is 40.3. The van der Waals surface area contributed by atoms with Crippen LogP contribution in [0.3, 0.4) is 0 Å². The predicted molar refractivity (Wildman–Crippen MR) is 289 cm³/mol. The fraction of sp³-hybridized carbons (Fsp3) is 0.190. The Hall–Kier alpha value is -7.72. The van der Waals surface area contributed by atoms with Crippen LogP contribution < -0.4 is 16.0 Å². The number of carboxylic acids is 1. The second-order valence-electron chi connectivity index (χ2n) is 18.3. The van der Waals surface area contributed by atoms with E-state index in [2.05, 4.69) is 156 Å². The van der Waals surface area contributed by atoms with Gasteiger partial charge in [0.25, 0.3) is 0 Å². The summed E-state index contributed by atoms with van der Waals surface area (Å²) in [5, 5.41) is 20.5. The molecule has 1 aliphatic rings. The van der Waals surface area contributed by atoms with Crippen molar-refractivity contribution in [2.24, 2.45) is 0 Å². The van der Waals surface area contributed by atoms with E-state index >= 15 is 0 Å². The van der Waals surface area contributed by atoms with Crippen molar-refractivity contribution in [3.05, 3.63) is 275 Å². The summed E-state index contributed by atoms with van der Waals surface area (Å²) in [6, 6.07) is 73.3. The largest absolute Gasteiger partial charge is 0.480 e. The maximum Gasteiger partial charge on any atom is 0.407 e. The Morgan fingerprint density at radius 1 is 0.528 bits per heavy atom. The average Bonchev–Trinajstić information content (AvgIpc) is 3.75. The van der Waals surface area contributed by atoms with Crippen LogP contribution in [0.5, 0.6) is 0 Å². The van der Waals surface area contributed by atoms with E-state index < -0.39 is 40.3 Å². The molecule has 8 aromatic rings. The van der Waals surface area contributed by atoms with Gasteiger partial charge in [0, 0.05) is 11.7 Å². The van der Waals surface area contributed by atoms with Gasteiger partial charge in [-0.3, -0.25) is 10.1 Å². The van der Waals surface area contributed by atoms with Crippen molar-refractivity contribution in [2.45, 2.75) is 54.5 Å². The first-order valence-corrected chi connectivity index (χ1v) is 25.6. The van der Waals surface area contributed by atoms with E-state index in [4.69, 9.17) is 4.74 Å². The molecule has 8 aromatic carbocycles. The Bertz CT molecular complexity index is 2870. The van der Waals surface area contributed by atoms with Crippen LogP contribution in [0.15, 0.2) is 224 Å². The third-order valence-electron chi connectivity index (χ3n) is 13.8. The van der Waals surface area contributed by atoms with E-state index in [1.54, 1.807) is 0 Å². The molecule has 72 heavy (non-hydrogen) atoms. The normalized spacial score (nSPS) is 13.0. The number of benzene rings is 8. The molecule has 2 atom stereocenters. The van der Waals surface area contributed by atoms with Gasteiger partial charge >= 0.3 is 12.1 Å². The molecular weight excluding hydrogens is 911 g/mol. The maximum absolute atomic E-state index is 14.7. The Morgan fingerprint density at radius 2 is 0.958 bits per heavy atom. The number of aliphatic carboxylic acids is 1. The van der Waals surface area contributed by atoms with Crippen molar-refractivity contribution in [2.75, 3.05) is 18.9 Å². The van der Waals surface area contributed by atoms with Crippen LogP contribution in [0.25, 0.3) is 11.1 Å². The number of hydrogen-bond acceptors (Lipinski definition) is 6. The lowest BCUT2D eigenvalue weighted by atomic mass is 9.76. The monoisotopic (exact) mass is 969 g/mol. The number of thioether (sulfide) groups is 1. The van der Waals surface area contributed by atoms with E-state index in [1.165, 1.54) is 11.8 Å². The van der Waals surface area contributed by atoms with Gasteiger partial charge in [-0.25, -0.2) is 9.59 Å². The van der Waals surface area contributed by atoms with E-state index in [0.29, 0.717) is 19.4 Å². The van der Waals surface area contributed by atoms with Crippen molar-refractivity contribution in [3.8, 4) is 11.1 Å².